The van der Waals surface area contributed by atoms with E-state index in [0.717, 1.165) is 17.8 Å². The minimum atomic E-state index is -0.0598. The molecule has 1 saturated heterocycles. The maximum absolute atomic E-state index is 12.2. The molecule has 1 amide bonds. The fourth-order valence-electron chi connectivity index (χ4n) is 3.31. The van der Waals surface area contributed by atoms with Crippen LogP contribution < -0.4 is 5.32 Å². The Bertz CT molecular complexity index is 690. The lowest BCUT2D eigenvalue weighted by Gasteiger charge is -2.40. The summed E-state index contributed by atoms with van der Waals surface area (Å²) in [5.41, 5.74) is 1.14. The number of rotatable bonds is 4. The van der Waals surface area contributed by atoms with Crippen LogP contribution in [0.4, 0.5) is 0 Å². The molecule has 1 aliphatic heterocycles. The van der Waals surface area contributed by atoms with Crippen LogP contribution >= 0.6 is 0 Å². The van der Waals surface area contributed by atoms with Crippen LogP contribution in [0.25, 0.3) is 0 Å². The first-order chi connectivity index (χ1) is 11.0. The molecule has 23 heavy (non-hydrogen) atoms. The molecule has 0 saturated carbocycles. The molecule has 1 unspecified atom stereocenters. The Morgan fingerprint density at radius 2 is 2.13 bits per heavy atom. The van der Waals surface area contributed by atoms with Gasteiger partial charge in [-0.05, 0) is 13.3 Å². The summed E-state index contributed by atoms with van der Waals surface area (Å²) in [6, 6.07) is 0.266. The average Bonchev–Trinajstić information content (AvgIpc) is 3.12. The lowest BCUT2D eigenvalue weighted by Crippen LogP contribution is -2.50. The fourth-order valence-corrected chi connectivity index (χ4v) is 3.31. The van der Waals surface area contributed by atoms with Gasteiger partial charge in [-0.1, -0.05) is 0 Å². The monoisotopic (exact) mass is 316 g/mol. The second kappa shape index (κ2) is 6.16. The van der Waals surface area contributed by atoms with Gasteiger partial charge in [0.05, 0.1) is 6.20 Å². The molecule has 1 N–H and O–H groups in total. The molecule has 1 fully saturated rings. The first-order valence-electron chi connectivity index (χ1n) is 7.95. The Hall–Kier alpha value is -2.15. The molecular formula is C16H24N6O. The third-order valence-corrected chi connectivity index (χ3v) is 4.67. The Morgan fingerprint density at radius 1 is 1.35 bits per heavy atom. The van der Waals surface area contributed by atoms with Gasteiger partial charge in [0.15, 0.2) is 0 Å². The fraction of sp³-hybridized carbons (Fsp3) is 0.562. The Balaban J connectivity index is 1.83. The second-order valence-electron chi connectivity index (χ2n) is 6.33. The van der Waals surface area contributed by atoms with Crippen molar-refractivity contribution in [3.05, 3.63) is 36.2 Å². The molecule has 7 nitrogen and oxygen atoms in total. The third kappa shape index (κ3) is 3.01. The lowest BCUT2D eigenvalue weighted by molar-refractivity contribution is -0.136. The smallest absolute Gasteiger partial charge is 0.223 e. The molecule has 0 aromatic carbocycles. The van der Waals surface area contributed by atoms with Crippen LogP contribution in [0.2, 0.25) is 0 Å². The normalized spacial score (nSPS) is 23.3. The van der Waals surface area contributed by atoms with E-state index in [2.05, 4.69) is 22.3 Å². The molecule has 0 aliphatic carbocycles. The Labute approximate surface area is 136 Å². The topological polar surface area (TPSA) is 68.0 Å². The maximum Gasteiger partial charge on any atom is 0.223 e. The highest BCUT2D eigenvalue weighted by atomic mass is 16.2. The summed E-state index contributed by atoms with van der Waals surface area (Å²) in [6.45, 7) is 2.13. The van der Waals surface area contributed by atoms with Gasteiger partial charge in [0, 0.05) is 63.8 Å². The summed E-state index contributed by atoms with van der Waals surface area (Å²) in [5, 5.41) is 7.90. The van der Waals surface area contributed by atoms with Crippen molar-refractivity contribution in [3.63, 3.8) is 0 Å². The zero-order valence-corrected chi connectivity index (χ0v) is 14.1. The first-order valence-corrected chi connectivity index (χ1v) is 7.95. The lowest BCUT2D eigenvalue weighted by atomic mass is 9.94. The van der Waals surface area contributed by atoms with Crippen molar-refractivity contribution in [3.8, 4) is 0 Å². The standard InChI is InChI=1S/C16H24N6O/c1-11(12-9-18-21(3)10-12)19-13-5-6-14(23)22(4)15(13)16-17-7-8-20(16)2/h7-11,13,15,19H,5-6H2,1-4H3/t11?,13-,15-/m1/s1. The molecular weight excluding hydrogens is 292 g/mol. The van der Waals surface area contributed by atoms with E-state index in [4.69, 9.17) is 0 Å². The van der Waals surface area contributed by atoms with E-state index in [-0.39, 0.29) is 24.0 Å². The molecule has 0 radical (unpaired) electrons. The zero-order chi connectivity index (χ0) is 16.6. The molecule has 1 aliphatic rings. The molecule has 3 heterocycles. The number of carbonyl (C=O) groups excluding carboxylic acids is 1. The number of hydrogen-bond donors (Lipinski definition) is 1. The number of hydrogen-bond acceptors (Lipinski definition) is 4. The number of aromatic nitrogens is 4. The van der Waals surface area contributed by atoms with Crippen molar-refractivity contribution in [2.24, 2.45) is 14.1 Å². The number of likely N-dealkylation sites (N-methyl/N-ethyl adjacent to an activating group) is 1. The van der Waals surface area contributed by atoms with E-state index in [9.17, 15) is 4.79 Å². The molecule has 3 rings (SSSR count). The highest BCUT2D eigenvalue weighted by Gasteiger charge is 2.37. The predicted octanol–water partition coefficient (Wildman–Crippen LogP) is 1.17. The van der Waals surface area contributed by atoms with Gasteiger partial charge in [-0.25, -0.2) is 4.98 Å². The number of aryl methyl sites for hydroxylation is 2. The number of piperidine rings is 1. The number of amides is 1. The number of nitrogens with zero attached hydrogens (tertiary/aromatic N) is 5. The highest BCUT2D eigenvalue weighted by molar-refractivity contribution is 5.77. The highest BCUT2D eigenvalue weighted by Crippen LogP contribution is 2.31. The molecule has 2 aromatic heterocycles. The van der Waals surface area contributed by atoms with Gasteiger partial charge in [-0.3, -0.25) is 9.48 Å². The van der Waals surface area contributed by atoms with Gasteiger partial charge < -0.3 is 14.8 Å². The van der Waals surface area contributed by atoms with Gasteiger partial charge in [0.25, 0.3) is 0 Å². The summed E-state index contributed by atoms with van der Waals surface area (Å²) in [4.78, 5) is 18.5. The van der Waals surface area contributed by atoms with Crippen LogP contribution in [-0.2, 0) is 18.9 Å². The van der Waals surface area contributed by atoms with Gasteiger partial charge in [-0.2, -0.15) is 5.10 Å². The van der Waals surface area contributed by atoms with Crippen LogP contribution in [0, 0.1) is 0 Å². The predicted molar refractivity (Wildman–Crippen MR) is 86.5 cm³/mol. The van der Waals surface area contributed by atoms with E-state index in [0.29, 0.717) is 6.42 Å². The van der Waals surface area contributed by atoms with Gasteiger partial charge in [0.2, 0.25) is 5.91 Å². The molecule has 3 atom stereocenters. The Morgan fingerprint density at radius 3 is 2.74 bits per heavy atom. The van der Waals surface area contributed by atoms with Crippen molar-refractivity contribution >= 4 is 5.91 Å². The molecule has 124 valence electrons. The summed E-state index contributed by atoms with van der Waals surface area (Å²) >= 11 is 0. The quantitative estimate of drug-likeness (QED) is 0.919. The minimum absolute atomic E-state index is 0.0598. The average molecular weight is 316 g/mol. The first kappa shape index (κ1) is 15.7. The van der Waals surface area contributed by atoms with Crippen molar-refractivity contribution in [2.45, 2.75) is 37.9 Å². The SMILES string of the molecule is CC(N[C@@H]1CCC(=O)N(C)[C@H]1c1nccn1C)c1cnn(C)c1. The van der Waals surface area contributed by atoms with E-state index in [1.54, 1.807) is 10.9 Å². The van der Waals surface area contributed by atoms with Crippen molar-refractivity contribution in [2.75, 3.05) is 7.05 Å². The second-order valence-corrected chi connectivity index (χ2v) is 6.33. The van der Waals surface area contributed by atoms with Crippen LogP contribution in [0.1, 0.15) is 43.2 Å². The van der Waals surface area contributed by atoms with Crippen molar-refractivity contribution in [1.29, 1.82) is 0 Å². The third-order valence-electron chi connectivity index (χ3n) is 4.67. The van der Waals surface area contributed by atoms with Gasteiger partial charge in [-0.15, -0.1) is 0 Å². The van der Waals surface area contributed by atoms with E-state index in [1.165, 1.54) is 0 Å². The minimum Gasteiger partial charge on any atom is -0.336 e. The Kier molecular flexibility index (Phi) is 4.21. The molecule has 0 spiro atoms. The van der Waals surface area contributed by atoms with Gasteiger partial charge >= 0.3 is 0 Å². The summed E-state index contributed by atoms with van der Waals surface area (Å²) in [6.07, 6.45) is 8.98. The number of nitrogens with one attached hydrogen (secondary N) is 1. The van der Waals surface area contributed by atoms with Gasteiger partial charge in [0.1, 0.15) is 11.9 Å². The van der Waals surface area contributed by atoms with Crippen LogP contribution in [0.3, 0.4) is 0 Å². The van der Waals surface area contributed by atoms with E-state index in [1.807, 2.05) is 49.2 Å². The van der Waals surface area contributed by atoms with Crippen LogP contribution in [0.15, 0.2) is 24.8 Å². The van der Waals surface area contributed by atoms with Crippen LogP contribution in [0.5, 0.6) is 0 Å². The summed E-state index contributed by atoms with van der Waals surface area (Å²) in [7, 11) is 5.75. The summed E-state index contributed by atoms with van der Waals surface area (Å²) < 4.78 is 3.80. The number of imidazole rings is 1. The molecule has 0 bridgehead atoms. The largest absolute Gasteiger partial charge is 0.336 e. The van der Waals surface area contributed by atoms with Crippen molar-refractivity contribution in [1.82, 2.24) is 29.5 Å². The molecule has 2 aromatic rings. The van der Waals surface area contributed by atoms with Crippen molar-refractivity contribution < 1.29 is 4.79 Å². The molecule has 7 heteroatoms. The number of carbonyl (C=O) groups is 1. The summed E-state index contributed by atoms with van der Waals surface area (Å²) in [5.74, 6) is 1.08. The zero-order valence-electron chi connectivity index (χ0n) is 14.1. The van der Waals surface area contributed by atoms with E-state index >= 15 is 0 Å². The van der Waals surface area contributed by atoms with E-state index < -0.39 is 0 Å². The van der Waals surface area contributed by atoms with Crippen LogP contribution in [-0.4, -0.2) is 43.2 Å². The maximum atomic E-state index is 12.2. The number of likely N-dealkylation sites (tertiary alicyclic amines) is 1.